The Morgan fingerprint density at radius 3 is 2.38 bits per heavy atom. The fourth-order valence-electron chi connectivity index (χ4n) is 4.00. The van der Waals surface area contributed by atoms with E-state index in [1.54, 1.807) is 29.8 Å². The van der Waals surface area contributed by atoms with Crippen molar-refractivity contribution in [2.45, 2.75) is 12.6 Å². The molecule has 0 spiro atoms. The highest BCUT2D eigenvalue weighted by Crippen LogP contribution is 2.28. The Kier molecular flexibility index (Phi) is 4.76. The van der Waals surface area contributed by atoms with Gasteiger partial charge in [-0.25, -0.2) is 4.79 Å². The van der Waals surface area contributed by atoms with Crippen LogP contribution >= 0.6 is 11.6 Å². The van der Waals surface area contributed by atoms with Crippen molar-refractivity contribution in [3.63, 3.8) is 0 Å². The van der Waals surface area contributed by atoms with E-state index in [1.807, 2.05) is 47.0 Å². The summed E-state index contributed by atoms with van der Waals surface area (Å²) in [5.41, 5.74) is 2.09. The second-order valence-corrected chi connectivity index (χ2v) is 8.15. The number of nitrogens with zero attached hydrogens (tertiary/aromatic N) is 5. The molecule has 0 bridgehead atoms. The van der Waals surface area contributed by atoms with Gasteiger partial charge in [0.25, 0.3) is 5.56 Å². The molecule has 32 heavy (non-hydrogen) atoms. The van der Waals surface area contributed by atoms with Crippen LogP contribution in [-0.2, 0) is 20.6 Å². The average Bonchev–Trinajstić information content (AvgIpc) is 3.34. The minimum Gasteiger partial charge on any atom is -0.387 e. The molecule has 0 saturated carbocycles. The van der Waals surface area contributed by atoms with Crippen molar-refractivity contribution < 1.29 is 5.11 Å². The third-order valence-corrected chi connectivity index (χ3v) is 5.99. The first-order chi connectivity index (χ1) is 15.4. The van der Waals surface area contributed by atoms with Gasteiger partial charge in [0.1, 0.15) is 0 Å². The molecule has 0 aliphatic carbocycles. The van der Waals surface area contributed by atoms with Gasteiger partial charge in [0.2, 0.25) is 5.78 Å². The zero-order valence-electron chi connectivity index (χ0n) is 17.4. The van der Waals surface area contributed by atoms with Crippen LogP contribution < -0.4 is 11.2 Å². The van der Waals surface area contributed by atoms with Crippen LogP contribution in [0.3, 0.4) is 0 Å². The minimum atomic E-state index is -0.801. The molecule has 3 heterocycles. The highest BCUT2D eigenvalue weighted by atomic mass is 35.5. The van der Waals surface area contributed by atoms with Gasteiger partial charge in [-0.15, -0.1) is 0 Å². The predicted octanol–water partition coefficient (Wildman–Crippen LogP) is 2.74. The minimum absolute atomic E-state index is 0.204. The molecule has 0 radical (unpaired) electrons. The maximum atomic E-state index is 12.9. The van der Waals surface area contributed by atoms with Crippen molar-refractivity contribution >= 4 is 28.5 Å². The maximum Gasteiger partial charge on any atom is 0.332 e. The molecule has 162 valence electrons. The molecule has 5 aromatic rings. The smallest absolute Gasteiger partial charge is 0.332 e. The van der Waals surface area contributed by atoms with E-state index in [0.29, 0.717) is 22.0 Å². The Bertz CT molecular complexity index is 1580. The van der Waals surface area contributed by atoms with Gasteiger partial charge in [0.05, 0.1) is 18.3 Å². The first-order valence-electron chi connectivity index (χ1n) is 10.0. The summed E-state index contributed by atoms with van der Waals surface area (Å²) in [6.45, 7) is 0.204. The van der Waals surface area contributed by atoms with E-state index >= 15 is 0 Å². The number of aromatic nitrogens is 5. The van der Waals surface area contributed by atoms with Crippen molar-refractivity contribution in [2.24, 2.45) is 14.1 Å². The molecule has 0 aliphatic heterocycles. The summed E-state index contributed by atoms with van der Waals surface area (Å²) in [5.74, 6) is 0.457. The molecule has 1 atom stereocenters. The highest BCUT2D eigenvalue weighted by Gasteiger charge is 2.22. The molecule has 9 heteroatoms. The number of fused-ring (bicyclic) bond motifs is 3. The molecule has 0 saturated heterocycles. The van der Waals surface area contributed by atoms with Gasteiger partial charge in [-0.3, -0.25) is 18.3 Å². The molecule has 8 nitrogen and oxygen atoms in total. The lowest BCUT2D eigenvalue weighted by Crippen LogP contribution is -2.37. The molecule has 5 rings (SSSR count). The fraction of sp³-hybridized carbons (Fsp3) is 0.174. The predicted molar refractivity (Wildman–Crippen MR) is 123 cm³/mol. The highest BCUT2D eigenvalue weighted by molar-refractivity contribution is 6.30. The van der Waals surface area contributed by atoms with Crippen LogP contribution in [0, 0.1) is 0 Å². The Morgan fingerprint density at radius 2 is 1.69 bits per heavy atom. The fourth-order valence-corrected chi connectivity index (χ4v) is 4.13. The second-order valence-electron chi connectivity index (χ2n) is 7.72. The third kappa shape index (κ3) is 3.07. The van der Waals surface area contributed by atoms with Gasteiger partial charge in [0, 0.05) is 25.3 Å². The van der Waals surface area contributed by atoms with Crippen LogP contribution in [-0.4, -0.2) is 28.2 Å². The first-order valence-corrected chi connectivity index (χ1v) is 10.4. The van der Waals surface area contributed by atoms with Gasteiger partial charge in [0.15, 0.2) is 11.2 Å². The van der Waals surface area contributed by atoms with E-state index in [9.17, 15) is 14.7 Å². The molecule has 0 unspecified atom stereocenters. The first kappa shape index (κ1) is 20.3. The molecular weight excluding hydrogens is 430 g/mol. The molecule has 1 N–H and O–H groups in total. The van der Waals surface area contributed by atoms with Gasteiger partial charge in [-0.2, -0.15) is 4.98 Å². The van der Waals surface area contributed by atoms with E-state index in [2.05, 4.69) is 4.98 Å². The number of imidazole rings is 2. The number of benzene rings is 2. The summed E-state index contributed by atoms with van der Waals surface area (Å²) in [6, 6.07) is 16.7. The largest absolute Gasteiger partial charge is 0.387 e. The van der Waals surface area contributed by atoms with Crippen LogP contribution in [0.25, 0.3) is 28.2 Å². The van der Waals surface area contributed by atoms with Gasteiger partial charge < -0.3 is 9.67 Å². The summed E-state index contributed by atoms with van der Waals surface area (Å²) in [4.78, 5) is 29.9. The lowest BCUT2D eigenvalue weighted by atomic mass is 10.1. The zero-order valence-corrected chi connectivity index (χ0v) is 18.2. The number of halogens is 1. The average molecular weight is 450 g/mol. The Balaban J connectivity index is 1.80. The van der Waals surface area contributed by atoms with Crippen LogP contribution in [0.1, 0.15) is 11.7 Å². The third-order valence-electron chi connectivity index (χ3n) is 5.74. The Labute approximate surface area is 187 Å². The number of rotatable bonds is 4. The quantitative estimate of drug-likeness (QED) is 0.457. The van der Waals surface area contributed by atoms with Crippen molar-refractivity contribution in [3.8, 4) is 11.3 Å². The van der Waals surface area contributed by atoms with Crippen LogP contribution in [0.15, 0.2) is 70.4 Å². The number of aliphatic hydroxyl groups excluding tert-OH is 1. The van der Waals surface area contributed by atoms with Crippen molar-refractivity contribution in [2.75, 3.05) is 0 Å². The normalized spacial score (nSPS) is 12.6. The van der Waals surface area contributed by atoms with Gasteiger partial charge in [-0.1, -0.05) is 54.1 Å². The summed E-state index contributed by atoms with van der Waals surface area (Å²) in [7, 11) is 3.03. The molecule has 0 amide bonds. The SMILES string of the molecule is Cn1c(=O)c2c(nc3n(C[C@@H](O)c4ccccc4)c(-c4ccc(Cl)cc4)cn23)n(C)c1=O. The maximum absolute atomic E-state index is 12.9. The van der Waals surface area contributed by atoms with Gasteiger partial charge in [-0.05, 0) is 23.3 Å². The number of hydrogen-bond acceptors (Lipinski definition) is 4. The van der Waals surface area contributed by atoms with E-state index in [1.165, 1.54) is 11.6 Å². The summed E-state index contributed by atoms with van der Waals surface area (Å²) in [5, 5.41) is 11.5. The van der Waals surface area contributed by atoms with Crippen molar-refractivity contribution in [3.05, 3.63) is 92.2 Å². The summed E-state index contributed by atoms with van der Waals surface area (Å²) < 4.78 is 5.95. The molecule has 0 aliphatic rings. The molecular formula is C23H20ClN5O3. The van der Waals surface area contributed by atoms with E-state index in [4.69, 9.17) is 11.6 Å². The van der Waals surface area contributed by atoms with E-state index in [-0.39, 0.29) is 6.54 Å². The number of aliphatic hydroxyl groups is 1. The zero-order chi connectivity index (χ0) is 22.6. The number of aryl methyl sites for hydroxylation is 1. The molecule has 2 aromatic carbocycles. The van der Waals surface area contributed by atoms with E-state index < -0.39 is 17.4 Å². The Hall–Kier alpha value is -3.62. The van der Waals surface area contributed by atoms with Crippen molar-refractivity contribution in [1.82, 2.24) is 23.1 Å². The van der Waals surface area contributed by atoms with E-state index in [0.717, 1.165) is 21.4 Å². The summed E-state index contributed by atoms with van der Waals surface area (Å²) >= 11 is 6.07. The van der Waals surface area contributed by atoms with Gasteiger partial charge >= 0.3 is 5.69 Å². The summed E-state index contributed by atoms with van der Waals surface area (Å²) in [6.07, 6.45) is 1.00. The Morgan fingerprint density at radius 1 is 1.00 bits per heavy atom. The molecule has 0 fully saturated rings. The van der Waals surface area contributed by atoms with Crippen molar-refractivity contribution in [1.29, 1.82) is 0 Å². The lowest BCUT2D eigenvalue weighted by Gasteiger charge is -2.15. The van der Waals surface area contributed by atoms with Crippen LogP contribution in [0.5, 0.6) is 0 Å². The topological polar surface area (TPSA) is 86.5 Å². The van der Waals surface area contributed by atoms with Crippen LogP contribution in [0.4, 0.5) is 0 Å². The standard InChI is InChI=1S/C23H20ClN5O3/c1-26-20-19(21(31)27(2)23(26)32)29-12-17(14-8-10-16(24)11-9-14)28(22(29)25-20)13-18(30)15-6-4-3-5-7-15/h3-12,18,30H,13H2,1-2H3/t18-/m1/s1. The lowest BCUT2D eigenvalue weighted by molar-refractivity contribution is 0.158. The molecule has 3 aromatic heterocycles. The van der Waals surface area contributed by atoms with Crippen LogP contribution in [0.2, 0.25) is 5.02 Å². The number of hydrogen-bond donors (Lipinski definition) is 1. The second kappa shape index (κ2) is 7.51. The monoisotopic (exact) mass is 449 g/mol.